The summed E-state index contributed by atoms with van der Waals surface area (Å²) in [7, 11) is 0. The average Bonchev–Trinajstić information content (AvgIpc) is 3.15. The summed E-state index contributed by atoms with van der Waals surface area (Å²) in [4.78, 5) is 5.04. The summed E-state index contributed by atoms with van der Waals surface area (Å²) >= 11 is 3.67. The molecule has 5 aromatic carbocycles. The highest BCUT2D eigenvalue weighted by Crippen LogP contribution is 2.54. The summed E-state index contributed by atoms with van der Waals surface area (Å²) in [6.07, 6.45) is 5.64. The van der Waals surface area contributed by atoms with Crippen molar-refractivity contribution < 1.29 is 0 Å². The van der Waals surface area contributed by atoms with Crippen molar-refractivity contribution in [3.8, 4) is 11.1 Å². The van der Waals surface area contributed by atoms with Crippen LogP contribution in [0.4, 0.5) is 22.7 Å². The monoisotopic (exact) mass is 764 g/mol. The fourth-order valence-corrected chi connectivity index (χ4v) is 10.2. The molecule has 1 N–H and O–H groups in total. The highest BCUT2D eigenvalue weighted by atomic mass is 32.2. The molecule has 0 fully saturated rings. The van der Waals surface area contributed by atoms with Crippen LogP contribution >= 0.6 is 23.5 Å². The van der Waals surface area contributed by atoms with E-state index in [1.807, 2.05) is 11.8 Å². The summed E-state index contributed by atoms with van der Waals surface area (Å²) in [6, 6.07) is 36.7. The van der Waals surface area contributed by atoms with E-state index in [1.54, 1.807) is 11.8 Å². The third-order valence-corrected chi connectivity index (χ3v) is 14.2. The maximum Gasteiger partial charge on any atom is 0.0612 e. The third-order valence-electron chi connectivity index (χ3n) is 12.4. The molecule has 0 saturated carbocycles. The Hall–Kier alpha value is -3.86. The summed E-state index contributed by atoms with van der Waals surface area (Å²) in [5, 5.41) is 6.45. The average molecular weight is 765 g/mol. The topological polar surface area (TPSA) is 15.3 Å². The van der Waals surface area contributed by atoms with E-state index < -0.39 is 0 Å². The molecular formula is C51H60N2S2. The number of aryl methyl sites for hydroxylation is 1. The van der Waals surface area contributed by atoms with Crippen molar-refractivity contribution in [3.63, 3.8) is 0 Å². The van der Waals surface area contributed by atoms with Gasteiger partial charge in [-0.15, -0.1) is 11.8 Å². The summed E-state index contributed by atoms with van der Waals surface area (Å²) < 4.78 is 0. The quantitative estimate of drug-likeness (QED) is 0.158. The van der Waals surface area contributed by atoms with Crippen LogP contribution in [-0.2, 0) is 21.7 Å². The minimum atomic E-state index is -0.0359. The Morgan fingerprint density at radius 2 is 1.40 bits per heavy atom. The standard InChI is InChI=1S/C51H60N2S2/c1-13-49(6,7)42-30-37(43(31-40(42)48(3,4)5)52-34-23-24-39-41(29-34)51(10,11)26-25-50(39,8)9)38-27-33(2)28-44-47(38)55-32-45(36-21-17-18-22-46(36)54-12)53(44)35-19-15-14-16-20-35/h14-24,27-32,52H,13,25-26H2,1-12H3. The van der Waals surface area contributed by atoms with Gasteiger partial charge in [-0.3, -0.25) is 0 Å². The summed E-state index contributed by atoms with van der Waals surface area (Å²) in [5.41, 5.74) is 17.0. The van der Waals surface area contributed by atoms with E-state index in [9.17, 15) is 0 Å². The van der Waals surface area contributed by atoms with Crippen LogP contribution in [0.15, 0.2) is 112 Å². The maximum atomic E-state index is 4.07. The first-order valence-electron chi connectivity index (χ1n) is 20.1. The molecule has 1 aliphatic carbocycles. The lowest BCUT2D eigenvalue weighted by molar-refractivity contribution is 0.332. The number of hydrogen-bond acceptors (Lipinski definition) is 4. The molecule has 0 aromatic heterocycles. The number of anilines is 4. The molecular weight excluding hydrogens is 705 g/mol. The van der Waals surface area contributed by atoms with Gasteiger partial charge in [0.05, 0.1) is 11.4 Å². The van der Waals surface area contributed by atoms with Crippen molar-refractivity contribution in [3.05, 3.63) is 136 Å². The highest BCUT2D eigenvalue weighted by Gasteiger charge is 2.37. The lowest BCUT2D eigenvalue weighted by Gasteiger charge is -2.42. The van der Waals surface area contributed by atoms with Crippen LogP contribution in [0.3, 0.4) is 0 Å². The van der Waals surface area contributed by atoms with Gasteiger partial charge in [0.15, 0.2) is 0 Å². The minimum absolute atomic E-state index is 0.000967. The van der Waals surface area contributed by atoms with Gasteiger partial charge < -0.3 is 10.2 Å². The second-order valence-electron chi connectivity index (χ2n) is 18.7. The van der Waals surface area contributed by atoms with Crippen LogP contribution in [0.1, 0.15) is 122 Å². The number of thioether (sulfide) groups is 2. The Balaban J connectivity index is 1.49. The molecule has 0 radical (unpaired) electrons. The molecule has 0 bridgehead atoms. The zero-order valence-electron chi connectivity index (χ0n) is 35.2. The molecule has 0 atom stereocenters. The fraction of sp³-hybridized carbons (Fsp3) is 0.373. The van der Waals surface area contributed by atoms with Gasteiger partial charge in [-0.1, -0.05) is 130 Å². The molecule has 0 amide bonds. The third kappa shape index (κ3) is 7.42. The largest absolute Gasteiger partial charge is 0.355 e. The molecule has 1 aliphatic heterocycles. The van der Waals surface area contributed by atoms with Gasteiger partial charge in [-0.05, 0) is 130 Å². The first-order valence-corrected chi connectivity index (χ1v) is 22.2. The van der Waals surface area contributed by atoms with E-state index in [1.165, 1.54) is 78.5 Å². The number of fused-ring (bicyclic) bond motifs is 2. The Bertz CT molecular complexity index is 2270. The van der Waals surface area contributed by atoms with Gasteiger partial charge >= 0.3 is 0 Å². The molecule has 0 spiro atoms. The number of para-hydroxylation sites is 1. The van der Waals surface area contributed by atoms with Crippen molar-refractivity contribution in [1.29, 1.82) is 0 Å². The summed E-state index contributed by atoms with van der Waals surface area (Å²) in [5.74, 6) is 0. The van der Waals surface area contributed by atoms with Crippen LogP contribution in [-0.4, -0.2) is 6.26 Å². The van der Waals surface area contributed by atoms with Crippen molar-refractivity contribution in [1.82, 2.24) is 0 Å². The molecule has 2 aliphatic rings. The molecule has 5 aromatic rings. The van der Waals surface area contributed by atoms with Gasteiger partial charge in [-0.2, -0.15) is 0 Å². The van der Waals surface area contributed by atoms with Crippen molar-refractivity contribution >= 4 is 52.0 Å². The predicted molar refractivity (Wildman–Crippen MR) is 244 cm³/mol. The number of rotatable bonds is 8. The Morgan fingerprint density at radius 1 is 0.727 bits per heavy atom. The molecule has 55 heavy (non-hydrogen) atoms. The lowest BCUT2D eigenvalue weighted by Crippen LogP contribution is -2.33. The second kappa shape index (κ2) is 14.6. The van der Waals surface area contributed by atoms with Crippen LogP contribution in [0.2, 0.25) is 0 Å². The molecule has 0 saturated heterocycles. The van der Waals surface area contributed by atoms with E-state index in [0.717, 1.165) is 23.5 Å². The van der Waals surface area contributed by atoms with Crippen LogP contribution in [0.25, 0.3) is 16.8 Å². The van der Waals surface area contributed by atoms with E-state index >= 15 is 0 Å². The smallest absolute Gasteiger partial charge is 0.0612 e. The van der Waals surface area contributed by atoms with Gasteiger partial charge in [0, 0.05) is 49.0 Å². The second-order valence-corrected chi connectivity index (χ2v) is 20.5. The summed E-state index contributed by atoms with van der Waals surface area (Å²) in [6.45, 7) is 26.2. The van der Waals surface area contributed by atoms with Crippen LogP contribution in [0.5, 0.6) is 0 Å². The molecule has 2 nitrogen and oxygen atoms in total. The number of nitrogens with one attached hydrogen (secondary N) is 1. The van der Waals surface area contributed by atoms with E-state index in [0.29, 0.717) is 0 Å². The number of benzene rings is 5. The zero-order chi connectivity index (χ0) is 39.5. The minimum Gasteiger partial charge on any atom is -0.355 e. The first-order chi connectivity index (χ1) is 25.9. The molecule has 7 rings (SSSR count). The van der Waals surface area contributed by atoms with E-state index in [4.69, 9.17) is 0 Å². The van der Waals surface area contributed by atoms with Crippen LogP contribution < -0.4 is 10.2 Å². The van der Waals surface area contributed by atoms with Crippen molar-refractivity contribution in [2.45, 2.75) is 127 Å². The molecule has 4 heteroatoms. The molecule has 0 unspecified atom stereocenters. The van der Waals surface area contributed by atoms with E-state index in [2.05, 4.69) is 195 Å². The van der Waals surface area contributed by atoms with Crippen molar-refractivity contribution in [2.24, 2.45) is 0 Å². The van der Waals surface area contributed by atoms with Gasteiger partial charge in [0.1, 0.15) is 0 Å². The fourth-order valence-electron chi connectivity index (χ4n) is 8.56. The van der Waals surface area contributed by atoms with E-state index in [-0.39, 0.29) is 21.7 Å². The highest BCUT2D eigenvalue weighted by molar-refractivity contribution is 8.02. The molecule has 286 valence electrons. The lowest BCUT2D eigenvalue weighted by atomic mass is 9.63. The Kier molecular flexibility index (Phi) is 10.4. The number of hydrogen-bond donors (Lipinski definition) is 1. The number of nitrogens with zero attached hydrogens (tertiary/aromatic N) is 1. The predicted octanol–water partition coefficient (Wildman–Crippen LogP) is 15.7. The van der Waals surface area contributed by atoms with Crippen molar-refractivity contribution in [2.75, 3.05) is 16.5 Å². The maximum absolute atomic E-state index is 4.07. The zero-order valence-corrected chi connectivity index (χ0v) is 36.8. The Labute approximate surface area is 340 Å². The normalized spacial score (nSPS) is 16.3. The molecule has 1 heterocycles. The van der Waals surface area contributed by atoms with Gasteiger partial charge in [0.2, 0.25) is 0 Å². The van der Waals surface area contributed by atoms with Gasteiger partial charge in [0.25, 0.3) is 0 Å². The first kappa shape index (κ1) is 39.4. The van der Waals surface area contributed by atoms with Crippen LogP contribution in [0, 0.1) is 6.92 Å². The van der Waals surface area contributed by atoms with Gasteiger partial charge in [-0.25, -0.2) is 0 Å². The Morgan fingerprint density at radius 3 is 2.07 bits per heavy atom. The SMILES string of the molecule is CCC(C)(C)c1cc(-c2cc(C)cc3c2SC=C(c2ccccc2SC)N3c2ccccc2)c(Nc2ccc3c(c2)C(C)(C)CCC3(C)C)cc1C(C)(C)C.